The number of benzene rings is 2. The van der Waals surface area contributed by atoms with Crippen LogP contribution in [0.5, 0.6) is 0 Å². The highest BCUT2D eigenvalue weighted by Gasteiger charge is 2.30. The average Bonchev–Trinajstić information content (AvgIpc) is 3.24. The summed E-state index contributed by atoms with van der Waals surface area (Å²) in [5, 5.41) is 20.7. The molecular weight excluding hydrogens is 372 g/mol. The van der Waals surface area contributed by atoms with E-state index in [0.29, 0.717) is 17.7 Å². The molecule has 0 aliphatic carbocycles. The number of aliphatic carboxylic acids is 1. The maximum absolute atomic E-state index is 12.4. The van der Waals surface area contributed by atoms with E-state index in [1.54, 1.807) is 30.3 Å². The van der Waals surface area contributed by atoms with Gasteiger partial charge in [-0.2, -0.15) is 5.26 Å². The lowest BCUT2D eigenvalue weighted by Crippen LogP contribution is -2.47. The lowest BCUT2D eigenvalue weighted by atomic mass is 10.1. The number of carboxylic acids is 1. The number of amides is 1. The van der Waals surface area contributed by atoms with Crippen molar-refractivity contribution in [1.29, 1.82) is 5.26 Å². The largest absolute Gasteiger partial charge is 0.480 e. The molecule has 1 amide bonds. The summed E-state index contributed by atoms with van der Waals surface area (Å²) in [7, 11) is 0. The first-order valence-corrected chi connectivity index (χ1v) is 9.09. The predicted molar refractivity (Wildman–Crippen MR) is 104 cm³/mol. The topological polar surface area (TPSA) is 109 Å². The average molecular weight is 392 g/mol. The molecule has 2 aromatic carbocycles. The lowest BCUT2D eigenvalue weighted by molar-refractivity contribution is -0.145. The van der Waals surface area contributed by atoms with Crippen LogP contribution in [0.2, 0.25) is 0 Å². The van der Waals surface area contributed by atoms with Crippen molar-refractivity contribution in [3.8, 4) is 6.07 Å². The SMILES string of the molecule is N#Cc1ccc(C2=CCC(C(=O)N[C@@H](COCc3ccccc3)C(=O)O)O2)cc1. The number of nitrogens with zero attached hydrogens (tertiary/aromatic N) is 1. The second-order valence-corrected chi connectivity index (χ2v) is 6.50. The molecule has 0 saturated heterocycles. The van der Waals surface area contributed by atoms with Gasteiger partial charge in [-0.1, -0.05) is 30.3 Å². The van der Waals surface area contributed by atoms with Gasteiger partial charge >= 0.3 is 5.97 Å². The molecule has 0 aromatic heterocycles. The molecule has 2 aromatic rings. The minimum Gasteiger partial charge on any atom is -0.480 e. The van der Waals surface area contributed by atoms with Gasteiger partial charge in [0.05, 0.1) is 24.8 Å². The van der Waals surface area contributed by atoms with Crippen LogP contribution in [-0.2, 0) is 25.7 Å². The molecule has 7 nitrogen and oxygen atoms in total. The summed E-state index contributed by atoms with van der Waals surface area (Å²) in [5.41, 5.74) is 2.19. The Hall–Kier alpha value is -3.63. The van der Waals surface area contributed by atoms with Crippen LogP contribution in [0.1, 0.15) is 23.1 Å². The fraction of sp³-hybridized carbons (Fsp3) is 0.227. The highest BCUT2D eigenvalue weighted by molar-refractivity contribution is 5.88. The molecule has 1 unspecified atom stereocenters. The number of carbonyl (C=O) groups is 2. The van der Waals surface area contributed by atoms with Crippen molar-refractivity contribution < 1.29 is 24.2 Å². The molecule has 0 radical (unpaired) electrons. The summed E-state index contributed by atoms with van der Waals surface area (Å²) in [6.07, 6.45) is 1.29. The van der Waals surface area contributed by atoms with E-state index in [4.69, 9.17) is 14.7 Å². The molecule has 1 aliphatic heterocycles. The van der Waals surface area contributed by atoms with E-state index in [0.717, 1.165) is 11.1 Å². The van der Waals surface area contributed by atoms with Crippen LogP contribution in [0.25, 0.3) is 5.76 Å². The van der Waals surface area contributed by atoms with E-state index in [1.165, 1.54) is 0 Å². The zero-order valence-corrected chi connectivity index (χ0v) is 15.6. The molecule has 2 N–H and O–H groups in total. The minimum atomic E-state index is -1.18. The zero-order chi connectivity index (χ0) is 20.6. The van der Waals surface area contributed by atoms with Gasteiger partial charge in [0.15, 0.2) is 12.1 Å². The molecule has 0 bridgehead atoms. The number of hydrogen-bond acceptors (Lipinski definition) is 5. The Morgan fingerprint density at radius 2 is 1.93 bits per heavy atom. The van der Waals surface area contributed by atoms with Crippen molar-refractivity contribution in [2.45, 2.75) is 25.2 Å². The maximum atomic E-state index is 12.4. The van der Waals surface area contributed by atoms with Crippen molar-refractivity contribution in [1.82, 2.24) is 5.32 Å². The van der Waals surface area contributed by atoms with Gasteiger partial charge in [-0.3, -0.25) is 4.79 Å². The van der Waals surface area contributed by atoms with E-state index in [9.17, 15) is 14.7 Å². The fourth-order valence-corrected chi connectivity index (χ4v) is 2.83. The summed E-state index contributed by atoms with van der Waals surface area (Å²) >= 11 is 0. The van der Waals surface area contributed by atoms with Crippen LogP contribution in [0.3, 0.4) is 0 Å². The van der Waals surface area contributed by atoms with Crippen LogP contribution in [0, 0.1) is 11.3 Å². The zero-order valence-electron chi connectivity index (χ0n) is 15.6. The van der Waals surface area contributed by atoms with Gasteiger partial charge in [0, 0.05) is 12.0 Å². The molecule has 0 saturated carbocycles. The molecule has 0 fully saturated rings. The second-order valence-electron chi connectivity index (χ2n) is 6.50. The Morgan fingerprint density at radius 1 is 1.21 bits per heavy atom. The highest BCUT2D eigenvalue weighted by atomic mass is 16.5. The molecule has 2 atom stereocenters. The lowest BCUT2D eigenvalue weighted by Gasteiger charge is -2.18. The Labute approximate surface area is 168 Å². The molecule has 1 aliphatic rings. The third kappa shape index (κ3) is 5.43. The van der Waals surface area contributed by atoms with Crippen molar-refractivity contribution >= 4 is 17.6 Å². The normalized spacial score (nSPS) is 16.2. The van der Waals surface area contributed by atoms with Crippen LogP contribution in [0.4, 0.5) is 0 Å². The van der Waals surface area contributed by atoms with Gasteiger partial charge in [0.25, 0.3) is 5.91 Å². The third-order valence-electron chi connectivity index (χ3n) is 4.39. The van der Waals surface area contributed by atoms with Crippen LogP contribution in [0.15, 0.2) is 60.7 Å². The number of ether oxygens (including phenoxy) is 2. The van der Waals surface area contributed by atoms with E-state index in [2.05, 4.69) is 5.32 Å². The summed E-state index contributed by atoms with van der Waals surface area (Å²) in [6, 6.07) is 17.0. The van der Waals surface area contributed by atoms with Crippen LogP contribution in [-0.4, -0.2) is 35.7 Å². The Kier molecular flexibility index (Phi) is 6.61. The Bertz CT molecular complexity index is 932. The number of carboxylic acid groups (broad SMARTS) is 1. The summed E-state index contributed by atoms with van der Waals surface area (Å²) in [6.45, 7) is 0.101. The molecule has 7 heteroatoms. The molecular formula is C22H20N2O5. The quantitative estimate of drug-likeness (QED) is 0.714. The van der Waals surface area contributed by atoms with Crippen molar-refractivity contribution in [3.63, 3.8) is 0 Å². The number of hydrogen-bond donors (Lipinski definition) is 2. The van der Waals surface area contributed by atoms with E-state index in [1.807, 2.05) is 36.4 Å². The maximum Gasteiger partial charge on any atom is 0.328 e. The number of rotatable bonds is 8. The fourth-order valence-electron chi connectivity index (χ4n) is 2.83. The van der Waals surface area contributed by atoms with Gasteiger partial charge in [-0.05, 0) is 35.9 Å². The number of nitriles is 1. The third-order valence-corrected chi connectivity index (χ3v) is 4.39. The number of nitrogens with one attached hydrogen (secondary N) is 1. The summed E-state index contributed by atoms with van der Waals surface area (Å²) in [4.78, 5) is 23.9. The van der Waals surface area contributed by atoms with Gasteiger partial charge in [-0.15, -0.1) is 0 Å². The first-order chi connectivity index (χ1) is 14.1. The van der Waals surface area contributed by atoms with Gasteiger partial charge in [0.1, 0.15) is 5.76 Å². The van der Waals surface area contributed by atoms with E-state index >= 15 is 0 Å². The van der Waals surface area contributed by atoms with Gasteiger partial charge in [-0.25, -0.2) is 4.79 Å². The minimum absolute atomic E-state index is 0.154. The van der Waals surface area contributed by atoms with E-state index < -0.39 is 24.0 Å². The first kappa shape index (κ1) is 20.1. The van der Waals surface area contributed by atoms with E-state index in [-0.39, 0.29) is 13.2 Å². The monoisotopic (exact) mass is 392 g/mol. The summed E-state index contributed by atoms with van der Waals surface area (Å²) < 4.78 is 11.1. The summed E-state index contributed by atoms with van der Waals surface area (Å²) in [5.74, 6) is -1.16. The second kappa shape index (κ2) is 9.53. The molecule has 3 rings (SSSR count). The first-order valence-electron chi connectivity index (χ1n) is 9.09. The van der Waals surface area contributed by atoms with Crippen LogP contribution < -0.4 is 5.32 Å². The van der Waals surface area contributed by atoms with Gasteiger partial charge < -0.3 is 19.9 Å². The molecule has 148 valence electrons. The molecule has 0 spiro atoms. The van der Waals surface area contributed by atoms with Gasteiger partial charge in [0.2, 0.25) is 0 Å². The van der Waals surface area contributed by atoms with Crippen LogP contribution >= 0.6 is 0 Å². The predicted octanol–water partition coefficient (Wildman–Crippen LogP) is 2.47. The Balaban J connectivity index is 1.51. The van der Waals surface area contributed by atoms with Crippen molar-refractivity contribution in [2.75, 3.05) is 6.61 Å². The standard InChI is InChI=1S/C22H20N2O5/c23-12-15-6-8-17(9-7-15)19-10-11-20(29-19)21(25)24-18(22(26)27)14-28-13-16-4-2-1-3-5-16/h1-10,18,20H,11,13-14H2,(H,24,25)(H,26,27)/t18-,20?/m0/s1. The number of carbonyl (C=O) groups excluding carboxylic acids is 1. The Morgan fingerprint density at radius 3 is 2.59 bits per heavy atom. The molecule has 1 heterocycles. The van der Waals surface area contributed by atoms with Crippen molar-refractivity contribution in [2.24, 2.45) is 0 Å². The molecule has 29 heavy (non-hydrogen) atoms. The van der Waals surface area contributed by atoms with Crippen molar-refractivity contribution in [3.05, 3.63) is 77.4 Å². The smallest absolute Gasteiger partial charge is 0.328 e. The highest BCUT2D eigenvalue weighted by Crippen LogP contribution is 2.26.